The van der Waals surface area contributed by atoms with Gasteiger partial charge in [0.15, 0.2) is 0 Å². The molecule has 0 aromatic carbocycles. The molecule has 0 fully saturated rings. The van der Waals surface area contributed by atoms with Gasteiger partial charge in [0.2, 0.25) is 5.91 Å². The van der Waals surface area contributed by atoms with Crippen LogP contribution in [0.4, 0.5) is 0 Å². The van der Waals surface area contributed by atoms with Crippen LogP contribution in [0.25, 0.3) is 0 Å². The van der Waals surface area contributed by atoms with Gasteiger partial charge in [0.25, 0.3) is 0 Å². The molecule has 2 unspecified atom stereocenters. The molecule has 0 saturated carbocycles. The molecular weight excluding hydrogens is 518 g/mol. The van der Waals surface area contributed by atoms with Crippen LogP contribution in [0, 0.1) is 0 Å². The quantitative estimate of drug-likeness (QED) is 0.0558. The van der Waals surface area contributed by atoms with Crippen LogP contribution in [0.2, 0.25) is 0 Å². The first-order chi connectivity index (χ1) is 20.7. The lowest BCUT2D eigenvalue weighted by Gasteiger charge is -2.19. The van der Waals surface area contributed by atoms with Crippen LogP contribution >= 0.6 is 0 Å². The van der Waals surface area contributed by atoms with Gasteiger partial charge < -0.3 is 15.5 Å². The molecule has 3 N–H and O–H groups in total. The molecule has 0 aliphatic heterocycles. The Morgan fingerprint density at radius 2 is 1.00 bits per heavy atom. The first kappa shape index (κ1) is 40.4. The molecule has 42 heavy (non-hydrogen) atoms. The van der Waals surface area contributed by atoms with E-state index in [4.69, 9.17) is 0 Å². The van der Waals surface area contributed by atoms with Gasteiger partial charge in [0.1, 0.15) is 0 Å². The van der Waals surface area contributed by atoms with Crippen LogP contribution < -0.4 is 5.32 Å². The van der Waals surface area contributed by atoms with Gasteiger partial charge in [-0.15, -0.1) is 0 Å². The lowest BCUT2D eigenvalue weighted by atomic mass is 10.1. The van der Waals surface area contributed by atoms with E-state index in [1.54, 1.807) is 6.08 Å². The standard InChI is InChI=1S/C38H69NO3/c1-3-5-7-9-11-13-15-17-18-19-20-22-23-25-27-29-31-33-37(41)36(35-40)39-38(42)34-32-30-28-26-24-21-16-14-12-10-8-6-4-2/h21,23-25,28,30-31,33,36-37,40-41H,3-20,22,26-27,29,32,34-35H2,1-2H3,(H,39,42)/b24-21-,25-23+,30-28-,33-31+. The summed E-state index contributed by atoms with van der Waals surface area (Å²) in [6, 6.07) is -0.667. The van der Waals surface area contributed by atoms with Crippen LogP contribution in [-0.4, -0.2) is 34.9 Å². The van der Waals surface area contributed by atoms with Gasteiger partial charge in [-0.1, -0.05) is 159 Å². The predicted octanol–water partition coefficient (Wildman–Crippen LogP) is 10.5. The summed E-state index contributed by atoms with van der Waals surface area (Å²) in [5.41, 5.74) is 0. The number of amides is 1. The first-order valence-corrected chi connectivity index (χ1v) is 17.9. The molecule has 0 spiro atoms. The van der Waals surface area contributed by atoms with Crippen molar-refractivity contribution in [2.45, 2.75) is 180 Å². The Morgan fingerprint density at radius 1 is 0.571 bits per heavy atom. The van der Waals surface area contributed by atoms with Crippen LogP contribution in [0.3, 0.4) is 0 Å². The highest BCUT2D eigenvalue weighted by atomic mass is 16.3. The Kier molecular flexibility index (Phi) is 32.5. The molecule has 0 rings (SSSR count). The maximum absolute atomic E-state index is 12.2. The van der Waals surface area contributed by atoms with E-state index in [2.05, 4.69) is 49.5 Å². The fraction of sp³-hybridized carbons (Fsp3) is 0.763. The minimum Gasteiger partial charge on any atom is -0.394 e. The predicted molar refractivity (Wildman–Crippen MR) is 184 cm³/mol. The van der Waals surface area contributed by atoms with E-state index >= 15 is 0 Å². The molecule has 0 bridgehead atoms. The van der Waals surface area contributed by atoms with Crippen molar-refractivity contribution in [3.8, 4) is 0 Å². The molecule has 244 valence electrons. The fourth-order valence-corrected chi connectivity index (χ4v) is 5.01. The largest absolute Gasteiger partial charge is 0.394 e. The van der Waals surface area contributed by atoms with Gasteiger partial charge in [0, 0.05) is 6.42 Å². The molecular formula is C38H69NO3. The minimum atomic E-state index is -0.883. The van der Waals surface area contributed by atoms with Gasteiger partial charge >= 0.3 is 0 Å². The first-order valence-electron chi connectivity index (χ1n) is 17.9. The van der Waals surface area contributed by atoms with Crippen molar-refractivity contribution in [3.05, 3.63) is 48.6 Å². The summed E-state index contributed by atoms with van der Waals surface area (Å²) in [4.78, 5) is 12.2. The van der Waals surface area contributed by atoms with E-state index in [1.807, 2.05) is 12.2 Å². The summed E-state index contributed by atoms with van der Waals surface area (Å²) >= 11 is 0. The lowest BCUT2D eigenvalue weighted by Crippen LogP contribution is -2.45. The van der Waals surface area contributed by atoms with Crippen molar-refractivity contribution in [2.75, 3.05) is 6.61 Å². The zero-order chi connectivity index (χ0) is 30.8. The van der Waals surface area contributed by atoms with E-state index < -0.39 is 12.1 Å². The van der Waals surface area contributed by atoms with Crippen LogP contribution in [0.15, 0.2) is 48.6 Å². The monoisotopic (exact) mass is 588 g/mol. The van der Waals surface area contributed by atoms with Gasteiger partial charge in [-0.2, -0.15) is 0 Å². The third kappa shape index (κ3) is 29.8. The highest BCUT2D eigenvalue weighted by Crippen LogP contribution is 2.12. The molecule has 1 amide bonds. The van der Waals surface area contributed by atoms with Gasteiger partial charge in [0.05, 0.1) is 18.8 Å². The van der Waals surface area contributed by atoms with Crippen LogP contribution in [0.1, 0.15) is 168 Å². The van der Waals surface area contributed by atoms with E-state index in [9.17, 15) is 15.0 Å². The van der Waals surface area contributed by atoms with E-state index in [-0.39, 0.29) is 12.5 Å². The summed E-state index contributed by atoms with van der Waals surface area (Å²) in [5, 5.41) is 22.8. The summed E-state index contributed by atoms with van der Waals surface area (Å²) in [6.07, 6.45) is 44.9. The minimum absolute atomic E-state index is 0.143. The Labute approximate surface area is 261 Å². The summed E-state index contributed by atoms with van der Waals surface area (Å²) in [6.45, 7) is 4.24. The Bertz CT molecular complexity index is 682. The maximum atomic E-state index is 12.2. The average Bonchev–Trinajstić information content (AvgIpc) is 2.99. The van der Waals surface area contributed by atoms with Gasteiger partial charge in [-0.3, -0.25) is 4.79 Å². The number of unbranched alkanes of at least 4 members (excludes halogenated alkanes) is 18. The van der Waals surface area contributed by atoms with Crippen molar-refractivity contribution in [1.29, 1.82) is 0 Å². The smallest absolute Gasteiger partial charge is 0.220 e. The Hall–Kier alpha value is -1.65. The van der Waals surface area contributed by atoms with Crippen LogP contribution in [-0.2, 0) is 4.79 Å². The number of aliphatic hydroxyl groups excluding tert-OH is 2. The second-order valence-corrected chi connectivity index (χ2v) is 11.9. The highest BCUT2D eigenvalue weighted by Gasteiger charge is 2.17. The number of carbonyl (C=O) groups is 1. The van der Waals surface area contributed by atoms with Crippen LogP contribution in [0.5, 0.6) is 0 Å². The molecule has 0 aromatic rings. The number of carbonyl (C=O) groups excluding carboxylic acids is 1. The number of hydrogen-bond donors (Lipinski definition) is 3. The van der Waals surface area contributed by atoms with Crippen molar-refractivity contribution in [1.82, 2.24) is 5.32 Å². The summed E-state index contributed by atoms with van der Waals surface area (Å²) in [5.74, 6) is -0.143. The molecule has 4 heteroatoms. The third-order valence-corrected chi connectivity index (χ3v) is 7.80. The zero-order valence-corrected chi connectivity index (χ0v) is 27.8. The number of nitrogens with one attached hydrogen (secondary N) is 1. The lowest BCUT2D eigenvalue weighted by molar-refractivity contribution is -0.122. The van der Waals surface area contributed by atoms with Crippen molar-refractivity contribution >= 4 is 5.91 Å². The summed E-state index contributed by atoms with van der Waals surface area (Å²) in [7, 11) is 0. The molecule has 0 radical (unpaired) electrons. The summed E-state index contributed by atoms with van der Waals surface area (Å²) < 4.78 is 0. The average molecular weight is 588 g/mol. The second kappa shape index (κ2) is 33.8. The van der Waals surface area contributed by atoms with Crippen molar-refractivity contribution in [3.63, 3.8) is 0 Å². The zero-order valence-electron chi connectivity index (χ0n) is 27.8. The van der Waals surface area contributed by atoms with E-state index in [0.717, 1.165) is 32.1 Å². The number of hydrogen-bond acceptors (Lipinski definition) is 3. The Morgan fingerprint density at radius 3 is 1.52 bits per heavy atom. The number of rotatable bonds is 31. The molecule has 2 atom stereocenters. The molecule has 0 heterocycles. The molecule has 0 aliphatic carbocycles. The SMILES string of the molecule is CCCCCCCC/C=C\C/C=C\CCC(=O)NC(CO)C(O)/C=C/CC/C=C/CCCCCCCCCCCCC. The topological polar surface area (TPSA) is 69.6 Å². The number of allylic oxidation sites excluding steroid dienone is 7. The van der Waals surface area contributed by atoms with Crippen molar-refractivity contribution in [2.24, 2.45) is 0 Å². The fourth-order valence-electron chi connectivity index (χ4n) is 5.01. The highest BCUT2D eigenvalue weighted by molar-refractivity contribution is 5.76. The van der Waals surface area contributed by atoms with Gasteiger partial charge in [-0.05, 0) is 51.4 Å². The molecule has 4 nitrogen and oxygen atoms in total. The Balaban J connectivity index is 3.77. The number of aliphatic hydroxyl groups is 2. The van der Waals surface area contributed by atoms with E-state index in [0.29, 0.717) is 12.8 Å². The third-order valence-electron chi connectivity index (χ3n) is 7.80. The molecule has 0 saturated heterocycles. The molecule has 0 aromatic heterocycles. The second-order valence-electron chi connectivity index (χ2n) is 11.9. The maximum Gasteiger partial charge on any atom is 0.220 e. The van der Waals surface area contributed by atoms with Crippen molar-refractivity contribution < 1.29 is 15.0 Å². The normalized spacial score (nSPS) is 13.7. The van der Waals surface area contributed by atoms with E-state index in [1.165, 1.54) is 109 Å². The molecule has 0 aliphatic rings. The van der Waals surface area contributed by atoms with Gasteiger partial charge in [-0.25, -0.2) is 0 Å².